The average Bonchev–Trinajstić information content (AvgIpc) is 2.70. The van der Waals surface area contributed by atoms with Gasteiger partial charge in [-0.15, -0.1) is 0 Å². The van der Waals surface area contributed by atoms with Crippen molar-refractivity contribution >= 4 is 5.97 Å². The fourth-order valence-corrected chi connectivity index (χ4v) is 1.22. The van der Waals surface area contributed by atoms with Gasteiger partial charge in [0.2, 0.25) is 6.79 Å². The van der Waals surface area contributed by atoms with E-state index in [9.17, 15) is 4.79 Å². The first-order valence-corrected chi connectivity index (χ1v) is 5.17. The van der Waals surface area contributed by atoms with Crippen molar-refractivity contribution in [2.45, 2.75) is 26.3 Å². The lowest BCUT2D eigenvalue weighted by Gasteiger charge is -2.11. The molecule has 1 rings (SSSR count). The zero-order chi connectivity index (χ0) is 12.0. The SMILES string of the molecule is CCOC(=O)CC(N)/C(C)=C/C1=COCO1. The van der Waals surface area contributed by atoms with E-state index in [1.165, 1.54) is 6.26 Å². The van der Waals surface area contributed by atoms with Gasteiger partial charge in [0.1, 0.15) is 6.26 Å². The molecule has 0 spiro atoms. The largest absolute Gasteiger partial charge is 0.466 e. The van der Waals surface area contributed by atoms with Gasteiger partial charge < -0.3 is 19.9 Å². The van der Waals surface area contributed by atoms with Crippen LogP contribution in [0.15, 0.2) is 23.7 Å². The minimum atomic E-state index is -0.357. The molecule has 0 aromatic carbocycles. The van der Waals surface area contributed by atoms with Crippen LogP contribution in [0.1, 0.15) is 20.3 Å². The summed E-state index contributed by atoms with van der Waals surface area (Å²) in [6, 6.07) is -0.357. The molecule has 5 heteroatoms. The summed E-state index contributed by atoms with van der Waals surface area (Å²) in [7, 11) is 0. The third-order valence-electron chi connectivity index (χ3n) is 2.14. The number of nitrogens with two attached hydrogens (primary N) is 1. The smallest absolute Gasteiger partial charge is 0.307 e. The van der Waals surface area contributed by atoms with Gasteiger partial charge in [0.15, 0.2) is 5.76 Å². The van der Waals surface area contributed by atoms with Crippen LogP contribution in [0.3, 0.4) is 0 Å². The van der Waals surface area contributed by atoms with Crippen molar-refractivity contribution in [1.82, 2.24) is 0 Å². The van der Waals surface area contributed by atoms with Crippen LogP contribution in [0.2, 0.25) is 0 Å². The molecule has 1 aliphatic heterocycles. The van der Waals surface area contributed by atoms with Gasteiger partial charge in [-0.1, -0.05) is 5.57 Å². The lowest BCUT2D eigenvalue weighted by molar-refractivity contribution is -0.143. The third kappa shape index (κ3) is 3.94. The van der Waals surface area contributed by atoms with Crippen LogP contribution in [0, 0.1) is 0 Å². The first-order valence-electron chi connectivity index (χ1n) is 5.17. The number of carbonyl (C=O) groups is 1. The first-order chi connectivity index (χ1) is 7.63. The molecule has 0 aliphatic carbocycles. The van der Waals surface area contributed by atoms with Gasteiger partial charge >= 0.3 is 5.97 Å². The van der Waals surface area contributed by atoms with Crippen LogP contribution in [0.5, 0.6) is 0 Å². The number of ether oxygens (including phenoxy) is 3. The zero-order valence-corrected chi connectivity index (χ0v) is 9.56. The fourth-order valence-electron chi connectivity index (χ4n) is 1.22. The Labute approximate surface area is 94.8 Å². The van der Waals surface area contributed by atoms with E-state index in [1.807, 2.05) is 6.92 Å². The number of allylic oxidation sites excluding steroid dienone is 1. The molecule has 0 aromatic heterocycles. The van der Waals surface area contributed by atoms with Gasteiger partial charge in [0.25, 0.3) is 0 Å². The van der Waals surface area contributed by atoms with Crippen LogP contribution >= 0.6 is 0 Å². The quantitative estimate of drug-likeness (QED) is 0.711. The van der Waals surface area contributed by atoms with Crippen LogP contribution in [-0.2, 0) is 19.0 Å². The molecule has 0 bridgehead atoms. The average molecular weight is 227 g/mol. The van der Waals surface area contributed by atoms with Crippen LogP contribution < -0.4 is 5.73 Å². The molecule has 5 nitrogen and oxygen atoms in total. The maximum Gasteiger partial charge on any atom is 0.307 e. The van der Waals surface area contributed by atoms with E-state index >= 15 is 0 Å². The summed E-state index contributed by atoms with van der Waals surface area (Å²) in [6.07, 6.45) is 3.45. The Kier molecular flexibility index (Phi) is 4.85. The van der Waals surface area contributed by atoms with E-state index in [0.29, 0.717) is 12.4 Å². The van der Waals surface area contributed by atoms with Gasteiger partial charge in [-0.25, -0.2) is 0 Å². The predicted octanol–water partition coefficient (Wildman–Crippen LogP) is 1.06. The summed E-state index contributed by atoms with van der Waals surface area (Å²) < 4.78 is 14.8. The third-order valence-corrected chi connectivity index (χ3v) is 2.14. The van der Waals surface area contributed by atoms with E-state index in [0.717, 1.165) is 5.57 Å². The number of carbonyl (C=O) groups excluding carboxylic acids is 1. The van der Waals surface area contributed by atoms with Crippen LogP contribution in [0.4, 0.5) is 0 Å². The van der Waals surface area contributed by atoms with E-state index in [-0.39, 0.29) is 25.2 Å². The van der Waals surface area contributed by atoms with Gasteiger partial charge in [-0.2, -0.15) is 0 Å². The second-order valence-electron chi connectivity index (χ2n) is 3.45. The highest BCUT2D eigenvalue weighted by Gasteiger charge is 2.13. The van der Waals surface area contributed by atoms with Gasteiger partial charge in [-0.3, -0.25) is 4.79 Å². The van der Waals surface area contributed by atoms with E-state index in [1.54, 1.807) is 13.0 Å². The molecule has 1 unspecified atom stereocenters. The van der Waals surface area contributed by atoms with Crippen molar-refractivity contribution in [2.24, 2.45) is 5.73 Å². The van der Waals surface area contributed by atoms with Crippen molar-refractivity contribution in [3.05, 3.63) is 23.7 Å². The minimum absolute atomic E-state index is 0.171. The number of hydrogen-bond acceptors (Lipinski definition) is 5. The van der Waals surface area contributed by atoms with Crippen molar-refractivity contribution in [3.63, 3.8) is 0 Å². The van der Waals surface area contributed by atoms with Crippen molar-refractivity contribution < 1.29 is 19.0 Å². The minimum Gasteiger partial charge on any atom is -0.466 e. The Morgan fingerprint density at radius 3 is 3.06 bits per heavy atom. The van der Waals surface area contributed by atoms with Gasteiger partial charge in [-0.05, 0) is 19.9 Å². The first kappa shape index (κ1) is 12.6. The molecule has 16 heavy (non-hydrogen) atoms. The number of hydrogen-bond donors (Lipinski definition) is 1. The summed E-state index contributed by atoms with van der Waals surface area (Å²) in [6.45, 7) is 4.20. The highest BCUT2D eigenvalue weighted by molar-refractivity contribution is 5.70. The number of esters is 1. The number of rotatable bonds is 5. The molecule has 0 amide bonds. The van der Waals surface area contributed by atoms with Gasteiger partial charge in [0.05, 0.1) is 13.0 Å². The Morgan fingerprint density at radius 1 is 1.75 bits per heavy atom. The van der Waals surface area contributed by atoms with Crippen molar-refractivity contribution in [1.29, 1.82) is 0 Å². The summed E-state index contributed by atoms with van der Waals surface area (Å²) in [5.74, 6) is 0.331. The topological polar surface area (TPSA) is 70.8 Å². The highest BCUT2D eigenvalue weighted by atomic mass is 16.7. The maximum absolute atomic E-state index is 11.2. The van der Waals surface area contributed by atoms with E-state index in [2.05, 4.69) is 0 Å². The molecule has 1 aliphatic rings. The summed E-state index contributed by atoms with van der Waals surface area (Å²) >= 11 is 0. The molecule has 0 fully saturated rings. The Hall–Kier alpha value is -1.49. The van der Waals surface area contributed by atoms with Crippen molar-refractivity contribution in [3.8, 4) is 0 Å². The standard InChI is InChI=1S/C11H17NO4/c1-3-15-11(13)5-10(12)8(2)4-9-6-14-7-16-9/h4,6,10H,3,5,7,12H2,1-2H3/b8-4+. The van der Waals surface area contributed by atoms with E-state index < -0.39 is 0 Å². The summed E-state index contributed by atoms with van der Waals surface area (Å²) in [4.78, 5) is 11.2. The zero-order valence-electron chi connectivity index (χ0n) is 9.56. The predicted molar refractivity (Wildman–Crippen MR) is 58.1 cm³/mol. The van der Waals surface area contributed by atoms with E-state index in [4.69, 9.17) is 19.9 Å². The Morgan fingerprint density at radius 2 is 2.50 bits per heavy atom. The van der Waals surface area contributed by atoms with Crippen molar-refractivity contribution in [2.75, 3.05) is 13.4 Å². The van der Waals surface area contributed by atoms with Crippen LogP contribution in [-0.4, -0.2) is 25.4 Å². The molecular weight excluding hydrogens is 210 g/mol. The lowest BCUT2D eigenvalue weighted by atomic mass is 10.1. The maximum atomic E-state index is 11.2. The Balaban J connectivity index is 2.46. The summed E-state index contributed by atoms with van der Waals surface area (Å²) in [5.41, 5.74) is 6.69. The van der Waals surface area contributed by atoms with Crippen LogP contribution in [0.25, 0.3) is 0 Å². The molecule has 0 saturated heterocycles. The Bertz CT molecular complexity index is 309. The molecule has 90 valence electrons. The molecule has 0 radical (unpaired) electrons. The lowest BCUT2D eigenvalue weighted by Crippen LogP contribution is -2.26. The second kappa shape index (κ2) is 6.17. The molecule has 1 atom stereocenters. The fraction of sp³-hybridized carbons (Fsp3) is 0.545. The molecule has 2 N–H and O–H groups in total. The highest BCUT2D eigenvalue weighted by Crippen LogP contribution is 2.13. The monoisotopic (exact) mass is 227 g/mol. The normalized spacial score (nSPS) is 17.2. The summed E-state index contributed by atoms with van der Waals surface area (Å²) in [5, 5.41) is 0. The molecular formula is C11H17NO4. The molecule has 1 heterocycles. The second-order valence-corrected chi connectivity index (χ2v) is 3.45. The van der Waals surface area contributed by atoms with Gasteiger partial charge in [0, 0.05) is 6.04 Å². The molecule has 0 aromatic rings. The molecule has 0 saturated carbocycles.